The van der Waals surface area contributed by atoms with Gasteiger partial charge in [-0.1, -0.05) is 0 Å². The maximum atomic E-state index is 12.1. The number of methoxy groups -OCH3 is 1. The Morgan fingerprint density at radius 3 is 2.32 bits per heavy atom. The number of piperidine rings is 1. The molecule has 0 atom stereocenters. The van der Waals surface area contributed by atoms with Crippen LogP contribution in [0.2, 0.25) is 0 Å². The number of amides is 1. The van der Waals surface area contributed by atoms with Gasteiger partial charge in [-0.2, -0.15) is 0 Å². The standard InChI is InChI=1S/C16H22N2O3.ClH/c1-21-14-4-2-12(3-5-14)15(19)6-7-16(20)18-10-8-13(17)9-11-18;/h2-5,13H,6-11,17H2,1H3;1H. The molecular formula is C16H23ClN2O3. The lowest BCUT2D eigenvalue weighted by Gasteiger charge is -2.30. The Balaban J connectivity index is 0.00000242. The van der Waals surface area contributed by atoms with E-state index in [1.807, 2.05) is 4.90 Å². The molecule has 6 heteroatoms. The lowest BCUT2D eigenvalue weighted by molar-refractivity contribution is -0.132. The highest BCUT2D eigenvalue weighted by atomic mass is 35.5. The average Bonchev–Trinajstić information content (AvgIpc) is 2.53. The van der Waals surface area contributed by atoms with Gasteiger partial charge in [0.15, 0.2) is 5.78 Å². The second-order valence-corrected chi connectivity index (χ2v) is 5.37. The minimum absolute atomic E-state index is 0. The molecule has 1 aliphatic heterocycles. The molecule has 0 unspecified atom stereocenters. The van der Waals surface area contributed by atoms with Gasteiger partial charge in [0.2, 0.25) is 5.91 Å². The van der Waals surface area contributed by atoms with Crippen LogP contribution in [-0.4, -0.2) is 42.8 Å². The number of likely N-dealkylation sites (tertiary alicyclic amines) is 1. The molecule has 1 saturated heterocycles. The van der Waals surface area contributed by atoms with Crippen molar-refractivity contribution < 1.29 is 14.3 Å². The molecule has 1 heterocycles. The van der Waals surface area contributed by atoms with Crippen LogP contribution in [0, 0.1) is 0 Å². The zero-order chi connectivity index (χ0) is 15.2. The summed E-state index contributed by atoms with van der Waals surface area (Å²) in [6, 6.07) is 7.16. The molecule has 0 aromatic heterocycles. The summed E-state index contributed by atoms with van der Waals surface area (Å²) in [4.78, 5) is 25.9. The van der Waals surface area contributed by atoms with E-state index in [1.54, 1.807) is 31.4 Å². The molecule has 0 saturated carbocycles. The van der Waals surface area contributed by atoms with Crippen molar-refractivity contribution in [2.45, 2.75) is 31.7 Å². The summed E-state index contributed by atoms with van der Waals surface area (Å²) in [5.41, 5.74) is 6.43. The Bertz CT molecular complexity index is 497. The van der Waals surface area contributed by atoms with Crippen LogP contribution in [-0.2, 0) is 4.79 Å². The van der Waals surface area contributed by atoms with Gasteiger partial charge in [-0.3, -0.25) is 9.59 Å². The van der Waals surface area contributed by atoms with Gasteiger partial charge in [-0.25, -0.2) is 0 Å². The number of carbonyl (C=O) groups is 2. The van der Waals surface area contributed by atoms with Crippen molar-refractivity contribution in [2.24, 2.45) is 5.73 Å². The molecule has 1 aromatic carbocycles. The van der Waals surface area contributed by atoms with Gasteiger partial charge in [0.1, 0.15) is 5.75 Å². The number of ketones is 1. The van der Waals surface area contributed by atoms with Crippen LogP contribution < -0.4 is 10.5 Å². The Kier molecular flexibility index (Phi) is 7.35. The van der Waals surface area contributed by atoms with E-state index >= 15 is 0 Å². The van der Waals surface area contributed by atoms with Crippen molar-refractivity contribution in [3.63, 3.8) is 0 Å². The normalized spacial score (nSPS) is 15.1. The fourth-order valence-corrected chi connectivity index (χ4v) is 2.45. The lowest BCUT2D eigenvalue weighted by atomic mass is 10.0. The molecule has 0 spiro atoms. The number of halogens is 1. The summed E-state index contributed by atoms with van der Waals surface area (Å²) in [6.45, 7) is 1.41. The Morgan fingerprint density at radius 2 is 1.77 bits per heavy atom. The van der Waals surface area contributed by atoms with Gasteiger partial charge in [-0.15, -0.1) is 12.4 Å². The second kappa shape index (κ2) is 8.76. The highest BCUT2D eigenvalue weighted by Gasteiger charge is 2.21. The molecule has 1 fully saturated rings. The number of hydrogen-bond acceptors (Lipinski definition) is 4. The van der Waals surface area contributed by atoms with E-state index in [9.17, 15) is 9.59 Å². The van der Waals surface area contributed by atoms with Gasteiger partial charge >= 0.3 is 0 Å². The largest absolute Gasteiger partial charge is 0.497 e. The van der Waals surface area contributed by atoms with Crippen LogP contribution in [0.25, 0.3) is 0 Å². The molecule has 1 aliphatic rings. The van der Waals surface area contributed by atoms with Crippen molar-refractivity contribution in [1.82, 2.24) is 4.90 Å². The van der Waals surface area contributed by atoms with Crippen molar-refractivity contribution in [3.8, 4) is 5.75 Å². The quantitative estimate of drug-likeness (QED) is 0.840. The first-order chi connectivity index (χ1) is 10.1. The third kappa shape index (κ3) is 5.00. The fraction of sp³-hybridized carbons (Fsp3) is 0.500. The van der Waals surface area contributed by atoms with Gasteiger partial charge in [-0.05, 0) is 37.1 Å². The Morgan fingerprint density at radius 1 is 1.18 bits per heavy atom. The SMILES string of the molecule is COc1ccc(C(=O)CCC(=O)N2CCC(N)CC2)cc1.Cl. The summed E-state index contributed by atoms with van der Waals surface area (Å²) in [6.07, 6.45) is 2.20. The van der Waals surface area contributed by atoms with Gasteiger partial charge in [0.05, 0.1) is 7.11 Å². The third-order valence-corrected chi connectivity index (χ3v) is 3.87. The molecule has 122 valence electrons. The monoisotopic (exact) mass is 326 g/mol. The van der Waals surface area contributed by atoms with Crippen molar-refractivity contribution in [3.05, 3.63) is 29.8 Å². The van der Waals surface area contributed by atoms with Crippen molar-refractivity contribution in [2.75, 3.05) is 20.2 Å². The zero-order valence-electron chi connectivity index (χ0n) is 12.8. The van der Waals surface area contributed by atoms with Crippen LogP contribution in [0.4, 0.5) is 0 Å². The predicted molar refractivity (Wildman–Crippen MR) is 87.6 cm³/mol. The molecule has 0 radical (unpaired) electrons. The molecule has 0 aliphatic carbocycles. The number of hydrogen-bond donors (Lipinski definition) is 1. The average molecular weight is 327 g/mol. The van der Waals surface area contributed by atoms with Crippen LogP contribution >= 0.6 is 12.4 Å². The fourth-order valence-electron chi connectivity index (χ4n) is 2.45. The molecule has 2 N–H and O–H groups in total. The van der Waals surface area contributed by atoms with E-state index in [-0.39, 0.29) is 43.0 Å². The predicted octanol–water partition coefficient (Wildman–Crippen LogP) is 2.03. The number of rotatable bonds is 5. The molecular weight excluding hydrogens is 304 g/mol. The second-order valence-electron chi connectivity index (χ2n) is 5.37. The van der Waals surface area contributed by atoms with E-state index in [1.165, 1.54) is 0 Å². The minimum Gasteiger partial charge on any atom is -0.497 e. The van der Waals surface area contributed by atoms with Crippen LogP contribution in [0.3, 0.4) is 0 Å². The maximum absolute atomic E-state index is 12.1. The minimum atomic E-state index is -0.0142. The van der Waals surface area contributed by atoms with E-state index < -0.39 is 0 Å². The molecule has 2 rings (SSSR count). The van der Waals surface area contributed by atoms with Crippen LogP contribution in [0.1, 0.15) is 36.0 Å². The van der Waals surface area contributed by atoms with Gasteiger partial charge in [0, 0.05) is 37.5 Å². The maximum Gasteiger partial charge on any atom is 0.223 e. The number of ether oxygens (including phenoxy) is 1. The lowest BCUT2D eigenvalue weighted by Crippen LogP contribution is -2.42. The molecule has 5 nitrogen and oxygen atoms in total. The van der Waals surface area contributed by atoms with E-state index in [0.29, 0.717) is 24.4 Å². The van der Waals surface area contributed by atoms with Crippen molar-refractivity contribution in [1.29, 1.82) is 0 Å². The highest BCUT2D eigenvalue weighted by molar-refractivity contribution is 5.98. The topological polar surface area (TPSA) is 72.6 Å². The Hall–Kier alpha value is -1.59. The van der Waals surface area contributed by atoms with Gasteiger partial charge < -0.3 is 15.4 Å². The first kappa shape index (κ1) is 18.5. The summed E-state index contributed by atoms with van der Waals surface area (Å²) in [7, 11) is 1.58. The highest BCUT2D eigenvalue weighted by Crippen LogP contribution is 2.15. The van der Waals surface area contributed by atoms with E-state index in [0.717, 1.165) is 12.8 Å². The number of nitrogens with two attached hydrogens (primary N) is 1. The first-order valence-corrected chi connectivity index (χ1v) is 7.30. The summed E-state index contributed by atoms with van der Waals surface area (Å²) in [5.74, 6) is 0.746. The zero-order valence-corrected chi connectivity index (χ0v) is 13.6. The third-order valence-electron chi connectivity index (χ3n) is 3.87. The molecule has 22 heavy (non-hydrogen) atoms. The number of nitrogens with zero attached hydrogens (tertiary/aromatic N) is 1. The van der Waals surface area contributed by atoms with Crippen LogP contribution in [0.5, 0.6) is 5.75 Å². The van der Waals surface area contributed by atoms with E-state index in [2.05, 4.69) is 0 Å². The smallest absolute Gasteiger partial charge is 0.223 e. The summed E-state index contributed by atoms with van der Waals surface area (Å²) >= 11 is 0. The molecule has 0 bridgehead atoms. The van der Waals surface area contributed by atoms with E-state index in [4.69, 9.17) is 10.5 Å². The van der Waals surface area contributed by atoms with Gasteiger partial charge in [0.25, 0.3) is 0 Å². The number of carbonyl (C=O) groups excluding carboxylic acids is 2. The summed E-state index contributed by atoms with van der Waals surface area (Å²) < 4.78 is 5.05. The first-order valence-electron chi connectivity index (χ1n) is 7.30. The molecule has 1 aromatic rings. The summed E-state index contributed by atoms with van der Waals surface area (Å²) in [5, 5.41) is 0. The number of benzene rings is 1. The Labute approximate surface area is 137 Å². The van der Waals surface area contributed by atoms with Crippen LogP contribution in [0.15, 0.2) is 24.3 Å². The molecule has 1 amide bonds. The van der Waals surface area contributed by atoms with Crippen molar-refractivity contribution >= 4 is 24.1 Å². The number of Topliss-reactive ketones (excluding diaryl/α,β-unsaturated/α-hetero) is 1.